The van der Waals surface area contributed by atoms with Crippen molar-refractivity contribution in [2.75, 3.05) is 20.8 Å². The number of benzene rings is 1. The van der Waals surface area contributed by atoms with Crippen molar-refractivity contribution in [3.05, 3.63) is 23.8 Å². The fourth-order valence-corrected chi connectivity index (χ4v) is 1.65. The van der Waals surface area contributed by atoms with Gasteiger partial charge in [-0.25, -0.2) is 4.79 Å². The first kappa shape index (κ1) is 15.3. The van der Waals surface area contributed by atoms with Gasteiger partial charge < -0.3 is 19.5 Å². The number of carbonyl (C=O) groups excluding carboxylic acids is 1. The number of para-hydroxylation sites is 1. The normalized spacial score (nSPS) is 11.8. The van der Waals surface area contributed by atoms with E-state index >= 15 is 0 Å². The van der Waals surface area contributed by atoms with Crippen molar-refractivity contribution in [1.82, 2.24) is 5.32 Å². The maximum Gasteiger partial charge on any atom is 0.346 e. The van der Waals surface area contributed by atoms with Crippen molar-refractivity contribution >= 4 is 5.97 Å². The molecule has 1 aromatic carbocycles. The quantitative estimate of drug-likeness (QED) is 0.763. The van der Waals surface area contributed by atoms with E-state index < -0.39 is 12.1 Å². The Morgan fingerprint density at radius 2 is 2.11 bits per heavy atom. The van der Waals surface area contributed by atoms with E-state index in [-0.39, 0.29) is 0 Å². The van der Waals surface area contributed by atoms with Gasteiger partial charge in [-0.2, -0.15) is 0 Å². The van der Waals surface area contributed by atoms with Crippen LogP contribution in [-0.4, -0.2) is 32.8 Å². The molecule has 0 radical (unpaired) electrons. The van der Waals surface area contributed by atoms with E-state index in [1.165, 1.54) is 7.11 Å². The number of nitrogens with one attached hydrogen (secondary N) is 1. The Bertz CT molecular complexity index is 420. The molecule has 1 rings (SSSR count). The van der Waals surface area contributed by atoms with Crippen LogP contribution in [0.3, 0.4) is 0 Å². The summed E-state index contributed by atoms with van der Waals surface area (Å²) in [6, 6.07) is 5.63. The second-order valence-corrected chi connectivity index (χ2v) is 4.01. The van der Waals surface area contributed by atoms with Crippen LogP contribution in [0.1, 0.15) is 19.4 Å². The number of carbonyl (C=O) groups is 1. The van der Waals surface area contributed by atoms with Crippen LogP contribution in [0.5, 0.6) is 11.5 Å². The van der Waals surface area contributed by atoms with E-state index in [9.17, 15) is 4.79 Å². The van der Waals surface area contributed by atoms with Crippen LogP contribution in [0.4, 0.5) is 0 Å². The van der Waals surface area contributed by atoms with Crippen LogP contribution in [0.2, 0.25) is 0 Å². The molecule has 0 spiro atoms. The summed E-state index contributed by atoms with van der Waals surface area (Å²) in [6.45, 7) is 5.17. The number of rotatable bonds is 7. The predicted octanol–water partition coefficient (Wildman–Crippen LogP) is 1.74. The van der Waals surface area contributed by atoms with Crippen LogP contribution in [0.15, 0.2) is 18.2 Å². The van der Waals surface area contributed by atoms with Gasteiger partial charge in [-0.05, 0) is 19.5 Å². The van der Waals surface area contributed by atoms with Crippen molar-refractivity contribution in [2.45, 2.75) is 26.5 Å². The summed E-state index contributed by atoms with van der Waals surface area (Å²) >= 11 is 0. The summed E-state index contributed by atoms with van der Waals surface area (Å²) in [5.41, 5.74) is 0.942. The Hall–Kier alpha value is -1.75. The maximum atomic E-state index is 11.4. The van der Waals surface area contributed by atoms with Gasteiger partial charge in [0.05, 0.1) is 14.2 Å². The zero-order chi connectivity index (χ0) is 14.3. The fraction of sp³-hybridized carbons (Fsp3) is 0.500. The van der Waals surface area contributed by atoms with Crippen LogP contribution in [0, 0.1) is 0 Å². The molecule has 0 amide bonds. The van der Waals surface area contributed by atoms with Crippen molar-refractivity contribution in [3.8, 4) is 11.5 Å². The van der Waals surface area contributed by atoms with Crippen molar-refractivity contribution in [1.29, 1.82) is 0 Å². The molecule has 0 heterocycles. The summed E-state index contributed by atoms with van der Waals surface area (Å²) in [7, 11) is 2.91. The molecule has 1 unspecified atom stereocenters. The van der Waals surface area contributed by atoms with Crippen molar-refractivity contribution in [3.63, 3.8) is 0 Å². The van der Waals surface area contributed by atoms with Crippen LogP contribution >= 0.6 is 0 Å². The number of ether oxygens (including phenoxy) is 3. The highest BCUT2D eigenvalue weighted by molar-refractivity contribution is 5.74. The summed E-state index contributed by atoms with van der Waals surface area (Å²) in [5.74, 6) is 0.760. The van der Waals surface area contributed by atoms with E-state index in [2.05, 4.69) is 10.1 Å². The molecule has 1 aromatic rings. The van der Waals surface area contributed by atoms with Crippen molar-refractivity contribution in [2.24, 2.45) is 0 Å². The minimum Gasteiger partial charge on any atom is -0.493 e. The maximum absolute atomic E-state index is 11.4. The van der Waals surface area contributed by atoms with Crippen LogP contribution in [0.25, 0.3) is 0 Å². The lowest BCUT2D eigenvalue weighted by Crippen LogP contribution is -2.26. The lowest BCUT2D eigenvalue weighted by molar-refractivity contribution is -0.147. The van der Waals surface area contributed by atoms with Gasteiger partial charge in [0.15, 0.2) is 17.6 Å². The first-order valence-corrected chi connectivity index (χ1v) is 6.25. The van der Waals surface area contributed by atoms with Gasteiger partial charge in [0.1, 0.15) is 0 Å². The van der Waals surface area contributed by atoms with Gasteiger partial charge in [-0.3, -0.25) is 0 Å². The van der Waals surface area contributed by atoms with E-state index in [1.54, 1.807) is 20.1 Å². The summed E-state index contributed by atoms with van der Waals surface area (Å²) in [6.07, 6.45) is -0.679. The second kappa shape index (κ2) is 7.63. The minimum atomic E-state index is -0.679. The molecule has 1 N–H and O–H groups in total. The summed E-state index contributed by atoms with van der Waals surface area (Å²) in [4.78, 5) is 11.4. The Morgan fingerprint density at radius 1 is 1.37 bits per heavy atom. The molecular weight excluding hydrogens is 246 g/mol. The summed E-state index contributed by atoms with van der Waals surface area (Å²) < 4.78 is 15.6. The molecule has 19 heavy (non-hydrogen) atoms. The van der Waals surface area contributed by atoms with Crippen LogP contribution in [-0.2, 0) is 16.1 Å². The average molecular weight is 267 g/mol. The predicted molar refractivity (Wildman–Crippen MR) is 72.5 cm³/mol. The number of hydrogen-bond acceptors (Lipinski definition) is 5. The second-order valence-electron chi connectivity index (χ2n) is 4.01. The zero-order valence-corrected chi connectivity index (χ0v) is 11.9. The van der Waals surface area contributed by atoms with Gasteiger partial charge in [-0.15, -0.1) is 0 Å². The number of esters is 1. The first-order valence-electron chi connectivity index (χ1n) is 6.25. The molecule has 0 aliphatic heterocycles. The highest BCUT2D eigenvalue weighted by Crippen LogP contribution is 2.32. The van der Waals surface area contributed by atoms with E-state index in [1.807, 2.05) is 19.1 Å². The van der Waals surface area contributed by atoms with E-state index in [0.29, 0.717) is 18.0 Å². The third-order valence-corrected chi connectivity index (χ3v) is 2.67. The Morgan fingerprint density at radius 3 is 2.68 bits per heavy atom. The first-order chi connectivity index (χ1) is 9.13. The Kier molecular flexibility index (Phi) is 6.15. The molecule has 0 saturated heterocycles. The lowest BCUT2D eigenvalue weighted by Gasteiger charge is -2.18. The standard InChI is InChI=1S/C14H21NO4/c1-5-15-9-11-7-6-8-12(17-3)13(11)19-10(2)14(16)18-4/h6-8,10,15H,5,9H2,1-4H3. The largest absolute Gasteiger partial charge is 0.493 e. The topological polar surface area (TPSA) is 56.8 Å². The highest BCUT2D eigenvalue weighted by Gasteiger charge is 2.19. The molecule has 0 aromatic heterocycles. The average Bonchev–Trinajstić information content (AvgIpc) is 2.44. The van der Waals surface area contributed by atoms with Crippen LogP contribution < -0.4 is 14.8 Å². The van der Waals surface area contributed by atoms with E-state index in [0.717, 1.165) is 12.1 Å². The molecule has 0 bridgehead atoms. The molecular formula is C14H21NO4. The highest BCUT2D eigenvalue weighted by atomic mass is 16.6. The molecule has 0 fully saturated rings. The molecule has 106 valence electrons. The Labute approximate surface area is 113 Å². The van der Waals surface area contributed by atoms with Gasteiger partial charge >= 0.3 is 5.97 Å². The van der Waals surface area contributed by atoms with Gasteiger partial charge in [0.2, 0.25) is 0 Å². The fourth-order valence-electron chi connectivity index (χ4n) is 1.65. The molecule has 0 saturated carbocycles. The molecule has 5 nitrogen and oxygen atoms in total. The summed E-state index contributed by atoms with van der Waals surface area (Å²) in [5, 5.41) is 3.22. The van der Waals surface area contributed by atoms with Gasteiger partial charge in [-0.1, -0.05) is 19.1 Å². The molecule has 0 aliphatic carbocycles. The third-order valence-electron chi connectivity index (χ3n) is 2.67. The molecule has 0 aliphatic rings. The van der Waals surface area contributed by atoms with Gasteiger partial charge in [0.25, 0.3) is 0 Å². The Balaban J connectivity index is 2.97. The molecule has 5 heteroatoms. The lowest BCUT2D eigenvalue weighted by atomic mass is 10.1. The molecule has 1 atom stereocenters. The number of methoxy groups -OCH3 is 2. The monoisotopic (exact) mass is 267 g/mol. The van der Waals surface area contributed by atoms with Crippen molar-refractivity contribution < 1.29 is 19.0 Å². The number of hydrogen-bond donors (Lipinski definition) is 1. The zero-order valence-electron chi connectivity index (χ0n) is 11.9. The third kappa shape index (κ3) is 4.13. The van der Waals surface area contributed by atoms with Gasteiger partial charge in [0, 0.05) is 12.1 Å². The smallest absolute Gasteiger partial charge is 0.346 e. The SMILES string of the molecule is CCNCc1cccc(OC)c1OC(C)C(=O)OC. The van der Waals surface area contributed by atoms with E-state index in [4.69, 9.17) is 9.47 Å². The minimum absolute atomic E-state index is 0.416.